The number of hydrogen-bond donors (Lipinski definition) is 1. The van der Waals surface area contributed by atoms with Gasteiger partial charge in [0.1, 0.15) is 12.1 Å². The fourth-order valence-corrected chi connectivity index (χ4v) is 4.16. The van der Waals surface area contributed by atoms with Crippen molar-refractivity contribution in [2.24, 2.45) is 4.99 Å². The smallest absolute Gasteiger partial charge is 0.226 e. The van der Waals surface area contributed by atoms with Crippen LogP contribution in [0.15, 0.2) is 57.5 Å². The Morgan fingerprint density at radius 3 is 2.63 bits per heavy atom. The molecular weight excluding hydrogens is 516 g/mol. The molecule has 0 amide bonds. The van der Waals surface area contributed by atoms with Gasteiger partial charge in [-0.25, -0.2) is 9.37 Å². The van der Waals surface area contributed by atoms with Crippen LogP contribution in [0.3, 0.4) is 0 Å². The summed E-state index contributed by atoms with van der Waals surface area (Å²) < 4.78 is 18.6. The first-order valence-electron chi connectivity index (χ1n) is 9.67. The molecule has 0 aliphatic carbocycles. The molecule has 3 heterocycles. The third-order valence-electron chi connectivity index (χ3n) is 4.92. The first-order chi connectivity index (χ1) is 14.2. The van der Waals surface area contributed by atoms with Crippen LogP contribution in [0.25, 0.3) is 11.5 Å². The lowest BCUT2D eigenvalue weighted by atomic mass is 10.2. The van der Waals surface area contributed by atoms with Crippen LogP contribution < -0.4 is 10.2 Å². The summed E-state index contributed by atoms with van der Waals surface area (Å²) in [6.07, 6.45) is 2.38. The van der Waals surface area contributed by atoms with Crippen molar-refractivity contribution in [1.29, 1.82) is 0 Å². The molecule has 4 rings (SSSR count). The molecule has 3 aromatic rings. The maximum atomic E-state index is 13.1. The SMILES string of the molecule is CN=C(NCCc1coc(-c2ccc(F)cc2)n1)N1CCN(c2cccs2)CC1.I. The predicted molar refractivity (Wildman–Crippen MR) is 130 cm³/mol. The van der Waals surface area contributed by atoms with E-state index in [-0.39, 0.29) is 29.8 Å². The van der Waals surface area contributed by atoms with Gasteiger partial charge in [-0.2, -0.15) is 0 Å². The number of aliphatic imine (C=N–C) groups is 1. The first-order valence-corrected chi connectivity index (χ1v) is 10.6. The number of rotatable bonds is 5. The molecular formula is C21H25FIN5OS. The van der Waals surface area contributed by atoms with Gasteiger partial charge >= 0.3 is 0 Å². The van der Waals surface area contributed by atoms with Crippen molar-refractivity contribution in [2.75, 3.05) is 44.7 Å². The zero-order valence-electron chi connectivity index (χ0n) is 16.8. The van der Waals surface area contributed by atoms with Crippen LogP contribution >= 0.6 is 35.3 Å². The summed E-state index contributed by atoms with van der Waals surface area (Å²) >= 11 is 1.78. The molecule has 1 fully saturated rings. The predicted octanol–water partition coefficient (Wildman–Crippen LogP) is 4.10. The van der Waals surface area contributed by atoms with E-state index in [0.29, 0.717) is 12.4 Å². The van der Waals surface area contributed by atoms with E-state index in [1.165, 1.54) is 17.1 Å². The van der Waals surface area contributed by atoms with Gasteiger partial charge in [-0.05, 0) is 41.8 Å². The van der Waals surface area contributed by atoms with Crippen LogP contribution in [0, 0.1) is 5.82 Å². The number of nitrogens with zero attached hydrogens (tertiary/aromatic N) is 4. The molecule has 0 spiro atoms. The number of oxazole rings is 1. The monoisotopic (exact) mass is 541 g/mol. The zero-order chi connectivity index (χ0) is 20.1. The lowest BCUT2D eigenvalue weighted by molar-refractivity contribution is 0.373. The number of guanidine groups is 1. The van der Waals surface area contributed by atoms with E-state index in [4.69, 9.17) is 4.42 Å². The normalized spacial score (nSPS) is 14.5. The number of thiophene rings is 1. The van der Waals surface area contributed by atoms with E-state index in [1.807, 2.05) is 7.05 Å². The van der Waals surface area contributed by atoms with Crippen molar-refractivity contribution in [3.8, 4) is 11.5 Å². The van der Waals surface area contributed by atoms with E-state index < -0.39 is 0 Å². The molecule has 1 aromatic carbocycles. The van der Waals surface area contributed by atoms with Gasteiger partial charge in [0.05, 0.1) is 10.7 Å². The molecule has 1 aliphatic rings. The van der Waals surface area contributed by atoms with E-state index in [2.05, 4.69) is 42.6 Å². The maximum absolute atomic E-state index is 13.1. The highest BCUT2D eigenvalue weighted by molar-refractivity contribution is 14.0. The minimum Gasteiger partial charge on any atom is -0.444 e. The number of aromatic nitrogens is 1. The van der Waals surface area contributed by atoms with E-state index in [9.17, 15) is 4.39 Å². The maximum Gasteiger partial charge on any atom is 0.226 e. The second-order valence-electron chi connectivity index (χ2n) is 6.80. The molecule has 9 heteroatoms. The van der Waals surface area contributed by atoms with Crippen molar-refractivity contribution in [2.45, 2.75) is 6.42 Å². The third kappa shape index (κ3) is 5.51. The Morgan fingerprint density at radius 2 is 1.97 bits per heavy atom. The van der Waals surface area contributed by atoms with Crippen molar-refractivity contribution in [3.63, 3.8) is 0 Å². The van der Waals surface area contributed by atoms with E-state index in [1.54, 1.807) is 29.7 Å². The Labute approximate surface area is 196 Å². The van der Waals surface area contributed by atoms with Crippen LogP contribution in [0.5, 0.6) is 0 Å². The fraction of sp³-hybridized carbons (Fsp3) is 0.333. The summed E-state index contributed by atoms with van der Waals surface area (Å²) in [6, 6.07) is 10.4. The van der Waals surface area contributed by atoms with Gasteiger partial charge in [0, 0.05) is 51.8 Å². The van der Waals surface area contributed by atoms with E-state index >= 15 is 0 Å². The highest BCUT2D eigenvalue weighted by atomic mass is 127. The van der Waals surface area contributed by atoms with Gasteiger partial charge in [0.15, 0.2) is 5.96 Å². The number of anilines is 1. The van der Waals surface area contributed by atoms with Crippen LogP contribution in [0.2, 0.25) is 0 Å². The second kappa shape index (κ2) is 10.8. The van der Waals surface area contributed by atoms with Crippen LogP contribution in [-0.4, -0.2) is 55.6 Å². The summed E-state index contributed by atoms with van der Waals surface area (Å²) in [6.45, 7) is 4.58. The Morgan fingerprint density at radius 1 is 1.20 bits per heavy atom. The fourth-order valence-electron chi connectivity index (χ4n) is 3.37. The quantitative estimate of drug-likeness (QED) is 0.300. The van der Waals surface area contributed by atoms with Crippen LogP contribution in [0.1, 0.15) is 5.69 Å². The summed E-state index contributed by atoms with van der Waals surface area (Å²) in [4.78, 5) is 13.6. The molecule has 1 N–H and O–H groups in total. The molecule has 1 saturated heterocycles. The highest BCUT2D eigenvalue weighted by Gasteiger charge is 2.20. The Hall–Kier alpha value is -2.14. The Bertz CT molecular complexity index is 937. The van der Waals surface area contributed by atoms with Gasteiger partial charge in [0.25, 0.3) is 0 Å². The average molecular weight is 541 g/mol. The summed E-state index contributed by atoms with van der Waals surface area (Å²) in [5.41, 5.74) is 1.62. The zero-order valence-corrected chi connectivity index (χ0v) is 19.9. The first kappa shape index (κ1) is 22.5. The molecule has 0 radical (unpaired) electrons. The minimum atomic E-state index is -0.271. The van der Waals surface area contributed by atoms with Gasteiger partial charge in [-0.3, -0.25) is 4.99 Å². The molecule has 160 valence electrons. The summed E-state index contributed by atoms with van der Waals surface area (Å²) in [5, 5.41) is 6.87. The summed E-state index contributed by atoms with van der Waals surface area (Å²) in [5.74, 6) is 1.15. The van der Waals surface area contributed by atoms with Gasteiger partial charge in [0.2, 0.25) is 5.89 Å². The lowest BCUT2D eigenvalue weighted by Crippen LogP contribution is -2.52. The average Bonchev–Trinajstić information content (AvgIpc) is 3.45. The van der Waals surface area contributed by atoms with Gasteiger partial charge < -0.3 is 19.5 Å². The number of benzene rings is 1. The molecule has 0 bridgehead atoms. The van der Waals surface area contributed by atoms with Crippen LogP contribution in [0.4, 0.5) is 9.39 Å². The van der Waals surface area contributed by atoms with Crippen molar-refractivity contribution < 1.29 is 8.81 Å². The minimum absolute atomic E-state index is 0. The van der Waals surface area contributed by atoms with Crippen molar-refractivity contribution >= 4 is 46.3 Å². The number of hydrogen-bond acceptors (Lipinski definition) is 5. The van der Waals surface area contributed by atoms with Crippen molar-refractivity contribution in [3.05, 3.63) is 59.6 Å². The molecule has 2 aromatic heterocycles. The number of piperazine rings is 1. The van der Waals surface area contributed by atoms with E-state index in [0.717, 1.165) is 49.8 Å². The Balaban J connectivity index is 0.00000256. The molecule has 6 nitrogen and oxygen atoms in total. The Kier molecular flexibility index (Phi) is 8.08. The standard InChI is InChI=1S/C21H24FN5OS.HI/c1-23-21(27-12-10-26(11-13-27)19-3-2-14-29-19)24-9-8-18-15-28-20(25-18)16-4-6-17(22)7-5-16;/h2-7,14-15H,8-13H2,1H3,(H,23,24);1H. The lowest BCUT2D eigenvalue weighted by Gasteiger charge is -2.37. The largest absolute Gasteiger partial charge is 0.444 e. The topological polar surface area (TPSA) is 56.9 Å². The molecule has 0 unspecified atom stereocenters. The summed E-state index contributed by atoms with van der Waals surface area (Å²) in [7, 11) is 1.82. The third-order valence-corrected chi connectivity index (χ3v) is 5.85. The second-order valence-corrected chi connectivity index (χ2v) is 7.73. The molecule has 0 atom stereocenters. The van der Waals surface area contributed by atoms with Crippen molar-refractivity contribution in [1.82, 2.24) is 15.2 Å². The number of halogens is 2. The molecule has 0 saturated carbocycles. The molecule has 30 heavy (non-hydrogen) atoms. The van der Waals surface area contributed by atoms with Gasteiger partial charge in [-0.15, -0.1) is 35.3 Å². The van der Waals surface area contributed by atoms with Gasteiger partial charge in [-0.1, -0.05) is 0 Å². The highest BCUT2D eigenvalue weighted by Crippen LogP contribution is 2.22. The van der Waals surface area contributed by atoms with Crippen LogP contribution in [-0.2, 0) is 6.42 Å². The number of nitrogens with one attached hydrogen (secondary N) is 1. The molecule has 1 aliphatic heterocycles.